The monoisotopic (exact) mass is 328 g/mol. The SMILES string of the molecule is Cl.O=C(CCC1CCNCC1)N1CCC2(CCCCC2)CC1. The Hall–Kier alpha value is -0.280. The molecule has 0 atom stereocenters. The lowest BCUT2D eigenvalue weighted by Gasteiger charge is -2.44. The average Bonchev–Trinajstić information content (AvgIpc) is 2.55. The molecule has 2 saturated heterocycles. The van der Waals surface area contributed by atoms with Gasteiger partial charge in [-0.25, -0.2) is 0 Å². The highest BCUT2D eigenvalue weighted by Crippen LogP contribution is 2.44. The minimum atomic E-state index is 0. The second-order valence-corrected chi connectivity index (χ2v) is 7.67. The summed E-state index contributed by atoms with van der Waals surface area (Å²) in [6, 6.07) is 0. The Balaban J connectivity index is 0.00000176. The van der Waals surface area contributed by atoms with E-state index in [4.69, 9.17) is 0 Å². The Labute approximate surface area is 142 Å². The van der Waals surface area contributed by atoms with Crippen LogP contribution in [0.15, 0.2) is 0 Å². The van der Waals surface area contributed by atoms with Crippen molar-refractivity contribution < 1.29 is 4.79 Å². The van der Waals surface area contributed by atoms with Crippen LogP contribution in [0.1, 0.15) is 70.6 Å². The molecule has 3 rings (SSSR count). The first-order valence-corrected chi connectivity index (χ1v) is 9.26. The van der Waals surface area contributed by atoms with Crippen LogP contribution in [0, 0.1) is 11.3 Å². The number of hydrogen-bond donors (Lipinski definition) is 1. The Bertz CT molecular complexity index is 339. The van der Waals surface area contributed by atoms with Gasteiger partial charge in [-0.15, -0.1) is 12.4 Å². The number of rotatable bonds is 3. The fourth-order valence-corrected chi connectivity index (χ4v) is 4.69. The van der Waals surface area contributed by atoms with Gasteiger partial charge in [0.25, 0.3) is 0 Å². The molecule has 2 heterocycles. The predicted molar refractivity (Wildman–Crippen MR) is 93.4 cm³/mol. The standard InChI is InChI=1S/C18H32N2O.ClH/c21-17(5-4-16-6-12-19-13-7-16)20-14-10-18(11-15-20)8-2-1-3-9-18;/h16,19H,1-15H2;1H. The molecule has 0 aromatic rings. The van der Waals surface area contributed by atoms with Gasteiger partial charge in [-0.3, -0.25) is 4.79 Å². The number of hydrogen-bond acceptors (Lipinski definition) is 2. The van der Waals surface area contributed by atoms with Gasteiger partial charge in [0.2, 0.25) is 5.91 Å². The smallest absolute Gasteiger partial charge is 0.222 e. The minimum absolute atomic E-state index is 0. The van der Waals surface area contributed by atoms with E-state index in [1.54, 1.807) is 0 Å². The van der Waals surface area contributed by atoms with Crippen molar-refractivity contribution in [2.45, 2.75) is 70.6 Å². The third-order valence-electron chi connectivity index (χ3n) is 6.32. The molecule has 3 fully saturated rings. The molecule has 128 valence electrons. The van der Waals surface area contributed by atoms with E-state index in [0.29, 0.717) is 11.3 Å². The molecular weight excluding hydrogens is 296 g/mol. The number of nitrogens with zero attached hydrogens (tertiary/aromatic N) is 1. The second kappa shape index (κ2) is 8.54. The molecule has 0 unspecified atom stereocenters. The summed E-state index contributed by atoms with van der Waals surface area (Å²) in [6.07, 6.45) is 14.1. The number of nitrogens with one attached hydrogen (secondary N) is 1. The van der Waals surface area contributed by atoms with Gasteiger partial charge in [-0.1, -0.05) is 19.3 Å². The lowest BCUT2D eigenvalue weighted by molar-refractivity contribution is -0.134. The first-order valence-electron chi connectivity index (χ1n) is 9.26. The van der Waals surface area contributed by atoms with Crippen LogP contribution in [0.25, 0.3) is 0 Å². The highest BCUT2D eigenvalue weighted by atomic mass is 35.5. The number of likely N-dealkylation sites (tertiary alicyclic amines) is 1. The molecule has 2 aliphatic heterocycles. The quantitative estimate of drug-likeness (QED) is 0.855. The van der Waals surface area contributed by atoms with Crippen molar-refractivity contribution in [3.05, 3.63) is 0 Å². The number of carbonyl (C=O) groups excluding carboxylic acids is 1. The highest BCUT2D eigenvalue weighted by molar-refractivity contribution is 5.85. The van der Waals surface area contributed by atoms with Gasteiger partial charge in [-0.2, -0.15) is 0 Å². The summed E-state index contributed by atoms with van der Waals surface area (Å²) in [5.41, 5.74) is 0.615. The van der Waals surface area contributed by atoms with Crippen molar-refractivity contribution in [2.24, 2.45) is 11.3 Å². The zero-order chi connectivity index (χ0) is 14.5. The van der Waals surface area contributed by atoms with E-state index in [2.05, 4.69) is 10.2 Å². The number of halogens is 1. The van der Waals surface area contributed by atoms with Gasteiger partial charge < -0.3 is 10.2 Å². The molecule has 1 aliphatic carbocycles. The summed E-state index contributed by atoms with van der Waals surface area (Å²) in [6.45, 7) is 4.35. The van der Waals surface area contributed by atoms with Gasteiger partial charge >= 0.3 is 0 Å². The first kappa shape index (κ1) is 18.1. The zero-order valence-corrected chi connectivity index (χ0v) is 14.8. The van der Waals surface area contributed by atoms with E-state index in [-0.39, 0.29) is 12.4 Å². The highest BCUT2D eigenvalue weighted by Gasteiger charge is 2.36. The van der Waals surface area contributed by atoms with Crippen molar-refractivity contribution >= 4 is 18.3 Å². The van der Waals surface area contributed by atoms with Crippen LogP contribution in [0.4, 0.5) is 0 Å². The van der Waals surface area contributed by atoms with E-state index >= 15 is 0 Å². The van der Waals surface area contributed by atoms with E-state index in [1.165, 1.54) is 57.8 Å². The maximum absolute atomic E-state index is 12.4. The number of carbonyl (C=O) groups is 1. The van der Waals surface area contributed by atoms with Gasteiger partial charge in [0, 0.05) is 19.5 Å². The molecule has 0 aromatic heterocycles. The molecule has 4 heteroatoms. The van der Waals surface area contributed by atoms with Gasteiger partial charge in [0.05, 0.1) is 0 Å². The largest absolute Gasteiger partial charge is 0.343 e. The summed E-state index contributed by atoms with van der Waals surface area (Å²) >= 11 is 0. The van der Waals surface area contributed by atoms with Gasteiger partial charge in [0.15, 0.2) is 0 Å². The van der Waals surface area contributed by atoms with E-state index in [1.807, 2.05) is 0 Å². The van der Waals surface area contributed by atoms with Crippen molar-refractivity contribution in [1.82, 2.24) is 10.2 Å². The van der Waals surface area contributed by atoms with Crippen molar-refractivity contribution in [3.63, 3.8) is 0 Å². The topological polar surface area (TPSA) is 32.3 Å². The van der Waals surface area contributed by atoms with Crippen LogP contribution < -0.4 is 5.32 Å². The van der Waals surface area contributed by atoms with E-state index in [0.717, 1.165) is 44.9 Å². The summed E-state index contributed by atoms with van der Waals surface area (Å²) in [7, 11) is 0. The Morgan fingerprint density at radius 1 is 1.00 bits per heavy atom. The summed E-state index contributed by atoms with van der Waals surface area (Å²) in [5, 5.41) is 3.40. The van der Waals surface area contributed by atoms with Gasteiger partial charge in [0.1, 0.15) is 0 Å². The fourth-order valence-electron chi connectivity index (χ4n) is 4.69. The van der Waals surface area contributed by atoms with Gasteiger partial charge in [-0.05, 0) is 69.4 Å². The van der Waals surface area contributed by atoms with Crippen LogP contribution in [-0.2, 0) is 4.79 Å². The van der Waals surface area contributed by atoms with Crippen molar-refractivity contribution in [1.29, 1.82) is 0 Å². The Morgan fingerprint density at radius 3 is 2.27 bits per heavy atom. The Morgan fingerprint density at radius 2 is 1.64 bits per heavy atom. The number of piperidine rings is 2. The first-order chi connectivity index (χ1) is 10.3. The molecule has 1 N–H and O–H groups in total. The normalized spacial score (nSPS) is 25.7. The molecule has 1 spiro atoms. The van der Waals surface area contributed by atoms with E-state index < -0.39 is 0 Å². The Kier molecular flexibility index (Phi) is 7.01. The predicted octanol–water partition coefficient (Wildman–Crippen LogP) is 3.76. The summed E-state index contributed by atoms with van der Waals surface area (Å²) < 4.78 is 0. The molecule has 0 radical (unpaired) electrons. The van der Waals surface area contributed by atoms with Crippen molar-refractivity contribution in [3.8, 4) is 0 Å². The lowest BCUT2D eigenvalue weighted by Crippen LogP contribution is -2.44. The second-order valence-electron chi connectivity index (χ2n) is 7.67. The molecule has 0 bridgehead atoms. The van der Waals surface area contributed by atoms with Crippen LogP contribution in [0.3, 0.4) is 0 Å². The summed E-state index contributed by atoms with van der Waals surface area (Å²) in [4.78, 5) is 14.6. The lowest BCUT2D eigenvalue weighted by atomic mass is 9.68. The molecule has 1 saturated carbocycles. The van der Waals surface area contributed by atoms with Crippen LogP contribution in [0.5, 0.6) is 0 Å². The third kappa shape index (κ3) is 4.61. The summed E-state index contributed by atoms with van der Waals surface area (Å²) in [5.74, 6) is 1.21. The van der Waals surface area contributed by atoms with Crippen LogP contribution in [0.2, 0.25) is 0 Å². The molecular formula is C18H33ClN2O. The van der Waals surface area contributed by atoms with E-state index in [9.17, 15) is 4.79 Å². The average molecular weight is 329 g/mol. The maximum Gasteiger partial charge on any atom is 0.222 e. The zero-order valence-electron chi connectivity index (χ0n) is 13.9. The third-order valence-corrected chi connectivity index (χ3v) is 6.32. The van der Waals surface area contributed by atoms with Crippen molar-refractivity contribution in [2.75, 3.05) is 26.2 Å². The van der Waals surface area contributed by atoms with Crippen LogP contribution >= 0.6 is 12.4 Å². The molecule has 3 aliphatic rings. The minimum Gasteiger partial charge on any atom is -0.343 e. The maximum atomic E-state index is 12.4. The molecule has 1 amide bonds. The molecule has 22 heavy (non-hydrogen) atoms. The van der Waals surface area contributed by atoms with Crippen LogP contribution in [-0.4, -0.2) is 37.0 Å². The molecule has 0 aromatic carbocycles. The fraction of sp³-hybridized carbons (Fsp3) is 0.944. The molecule has 3 nitrogen and oxygen atoms in total. The number of amides is 1.